The molecule has 0 aliphatic heterocycles. The third-order valence-electron chi connectivity index (χ3n) is 4.06. The molecule has 0 spiro atoms. The number of benzene rings is 1. The summed E-state index contributed by atoms with van der Waals surface area (Å²) in [5.41, 5.74) is 3.43. The standard InChI is InChI=1S/C19H24N2O3/c1-6-24-16-9-7-15(8-10-16)12(3)21-19(23)18-11(2)17(14(5)22)13(4)20-18/h7-10,12,20H,6H2,1-5H3,(H,21,23). The Bertz CT molecular complexity index is 745. The summed E-state index contributed by atoms with van der Waals surface area (Å²) in [6.07, 6.45) is 0. The van der Waals surface area contributed by atoms with Crippen LogP contribution < -0.4 is 10.1 Å². The quantitative estimate of drug-likeness (QED) is 0.794. The minimum Gasteiger partial charge on any atom is -0.494 e. The molecular weight excluding hydrogens is 304 g/mol. The molecule has 0 bridgehead atoms. The highest BCUT2D eigenvalue weighted by Crippen LogP contribution is 2.21. The summed E-state index contributed by atoms with van der Waals surface area (Å²) in [5.74, 6) is 0.547. The van der Waals surface area contributed by atoms with E-state index in [0.29, 0.717) is 23.4 Å². The normalized spacial score (nSPS) is 11.9. The average Bonchev–Trinajstić information content (AvgIpc) is 2.83. The fourth-order valence-electron chi connectivity index (χ4n) is 2.88. The van der Waals surface area contributed by atoms with Crippen LogP contribution in [0.15, 0.2) is 24.3 Å². The van der Waals surface area contributed by atoms with Crippen LogP contribution in [0.3, 0.4) is 0 Å². The Balaban J connectivity index is 2.14. The Hall–Kier alpha value is -2.56. The lowest BCUT2D eigenvalue weighted by Gasteiger charge is -2.15. The van der Waals surface area contributed by atoms with E-state index < -0.39 is 0 Å². The molecule has 1 aromatic carbocycles. The number of aromatic amines is 1. The highest BCUT2D eigenvalue weighted by molar-refractivity contribution is 6.02. The predicted octanol–water partition coefficient (Wildman–Crippen LogP) is 3.72. The number of aromatic nitrogens is 1. The van der Waals surface area contributed by atoms with Crippen LogP contribution in [-0.2, 0) is 0 Å². The van der Waals surface area contributed by atoms with Crippen molar-refractivity contribution >= 4 is 11.7 Å². The molecule has 1 heterocycles. The van der Waals surface area contributed by atoms with Crippen LogP contribution in [0.1, 0.15) is 64.5 Å². The molecule has 0 saturated heterocycles. The van der Waals surface area contributed by atoms with Gasteiger partial charge in [-0.2, -0.15) is 0 Å². The summed E-state index contributed by atoms with van der Waals surface area (Å²) >= 11 is 0. The van der Waals surface area contributed by atoms with Gasteiger partial charge in [-0.25, -0.2) is 0 Å². The van der Waals surface area contributed by atoms with Gasteiger partial charge >= 0.3 is 0 Å². The molecule has 2 rings (SSSR count). The lowest BCUT2D eigenvalue weighted by Crippen LogP contribution is -2.27. The summed E-state index contributed by atoms with van der Waals surface area (Å²) < 4.78 is 5.42. The number of hydrogen-bond donors (Lipinski definition) is 2. The molecule has 1 amide bonds. The van der Waals surface area contributed by atoms with E-state index in [2.05, 4.69) is 10.3 Å². The van der Waals surface area contributed by atoms with Crippen molar-refractivity contribution in [1.82, 2.24) is 10.3 Å². The molecule has 2 N–H and O–H groups in total. The van der Waals surface area contributed by atoms with Gasteiger partial charge < -0.3 is 15.0 Å². The van der Waals surface area contributed by atoms with Crippen LogP contribution in [0.4, 0.5) is 0 Å². The number of ketones is 1. The number of rotatable bonds is 6. The van der Waals surface area contributed by atoms with E-state index in [0.717, 1.165) is 17.0 Å². The predicted molar refractivity (Wildman–Crippen MR) is 93.8 cm³/mol. The summed E-state index contributed by atoms with van der Waals surface area (Å²) in [6, 6.07) is 7.49. The van der Waals surface area contributed by atoms with Crippen molar-refractivity contribution in [2.75, 3.05) is 6.61 Å². The second-order valence-electron chi connectivity index (χ2n) is 5.88. The molecular formula is C19H24N2O3. The lowest BCUT2D eigenvalue weighted by molar-refractivity contribution is 0.0934. The van der Waals surface area contributed by atoms with Crippen molar-refractivity contribution in [2.24, 2.45) is 0 Å². The minimum absolute atomic E-state index is 0.0418. The highest BCUT2D eigenvalue weighted by atomic mass is 16.5. The molecule has 0 saturated carbocycles. The van der Waals surface area contributed by atoms with Gasteiger partial charge in [0.2, 0.25) is 0 Å². The largest absolute Gasteiger partial charge is 0.494 e. The number of amides is 1. The van der Waals surface area contributed by atoms with Crippen LogP contribution in [0.25, 0.3) is 0 Å². The SMILES string of the molecule is CCOc1ccc(C(C)NC(=O)c2[nH]c(C)c(C(C)=O)c2C)cc1. The van der Waals surface area contributed by atoms with E-state index in [-0.39, 0.29) is 17.7 Å². The van der Waals surface area contributed by atoms with Gasteiger partial charge in [0, 0.05) is 11.3 Å². The molecule has 0 aliphatic rings. The molecule has 128 valence electrons. The van der Waals surface area contributed by atoms with Crippen LogP contribution in [0.5, 0.6) is 5.75 Å². The Morgan fingerprint density at radius 2 is 1.83 bits per heavy atom. The zero-order chi connectivity index (χ0) is 17.9. The topological polar surface area (TPSA) is 71.2 Å². The van der Waals surface area contributed by atoms with E-state index in [1.165, 1.54) is 6.92 Å². The van der Waals surface area contributed by atoms with Crippen molar-refractivity contribution in [2.45, 2.75) is 40.7 Å². The van der Waals surface area contributed by atoms with E-state index in [1.54, 1.807) is 13.8 Å². The number of H-pyrrole nitrogens is 1. The molecule has 5 heteroatoms. The van der Waals surface area contributed by atoms with Crippen molar-refractivity contribution in [3.05, 3.63) is 52.3 Å². The first kappa shape index (κ1) is 17.8. The Morgan fingerprint density at radius 1 is 1.21 bits per heavy atom. The van der Waals surface area contributed by atoms with Crippen LogP contribution in [0.2, 0.25) is 0 Å². The zero-order valence-corrected chi connectivity index (χ0v) is 14.8. The maximum atomic E-state index is 12.5. The summed E-state index contributed by atoms with van der Waals surface area (Å²) in [6.45, 7) is 9.58. The number of hydrogen-bond acceptors (Lipinski definition) is 3. The molecule has 0 aliphatic carbocycles. The van der Waals surface area contributed by atoms with Gasteiger partial charge in [-0.3, -0.25) is 9.59 Å². The van der Waals surface area contributed by atoms with Crippen molar-refractivity contribution < 1.29 is 14.3 Å². The van der Waals surface area contributed by atoms with Gasteiger partial charge in [-0.15, -0.1) is 0 Å². The number of nitrogens with one attached hydrogen (secondary N) is 2. The van der Waals surface area contributed by atoms with E-state index in [4.69, 9.17) is 4.74 Å². The van der Waals surface area contributed by atoms with Gasteiger partial charge in [0.25, 0.3) is 5.91 Å². The fraction of sp³-hybridized carbons (Fsp3) is 0.368. The first-order chi connectivity index (χ1) is 11.3. The molecule has 0 fully saturated rings. The minimum atomic E-state index is -0.218. The molecule has 1 unspecified atom stereocenters. The molecule has 0 radical (unpaired) electrons. The van der Waals surface area contributed by atoms with Crippen molar-refractivity contribution in [3.8, 4) is 5.75 Å². The third kappa shape index (κ3) is 3.67. The number of ether oxygens (including phenoxy) is 1. The summed E-state index contributed by atoms with van der Waals surface area (Å²) in [7, 11) is 0. The number of aryl methyl sites for hydroxylation is 1. The first-order valence-electron chi connectivity index (χ1n) is 8.08. The van der Waals surface area contributed by atoms with Gasteiger partial charge in [0.05, 0.1) is 12.6 Å². The second kappa shape index (κ2) is 7.34. The molecule has 1 atom stereocenters. The van der Waals surface area contributed by atoms with Crippen LogP contribution in [0, 0.1) is 13.8 Å². The van der Waals surface area contributed by atoms with Gasteiger partial charge in [-0.1, -0.05) is 12.1 Å². The maximum absolute atomic E-state index is 12.5. The Kier molecular flexibility index (Phi) is 5.44. The zero-order valence-electron chi connectivity index (χ0n) is 14.8. The molecule has 5 nitrogen and oxygen atoms in total. The first-order valence-corrected chi connectivity index (χ1v) is 8.08. The Labute approximate surface area is 142 Å². The maximum Gasteiger partial charge on any atom is 0.268 e. The molecule has 2 aromatic rings. The number of Topliss-reactive ketones (excluding diaryl/α,β-unsaturated/α-hetero) is 1. The number of carbonyl (C=O) groups is 2. The van der Waals surface area contributed by atoms with E-state index >= 15 is 0 Å². The number of carbonyl (C=O) groups excluding carboxylic acids is 2. The van der Waals surface area contributed by atoms with Crippen LogP contribution >= 0.6 is 0 Å². The monoisotopic (exact) mass is 328 g/mol. The smallest absolute Gasteiger partial charge is 0.268 e. The van der Waals surface area contributed by atoms with Gasteiger partial charge in [0.1, 0.15) is 11.4 Å². The van der Waals surface area contributed by atoms with Crippen molar-refractivity contribution in [1.29, 1.82) is 0 Å². The summed E-state index contributed by atoms with van der Waals surface area (Å²) in [5, 5.41) is 2.96. The second-order valence-corrected chi connectivity index (χ2v) is 5.88. The average molecular weight is 328 g/mol. The summed E-state index contributed by atoms with van der Waals surface area (Å²) in [4.78, 5) is 27.2. The molecule has 1 aromatic heterocycles. The van der Waals surface area contributed by atoms with Gasteiger partial charge in [0.15, 0.2) is 5.78 Å². The highest BCUT2D eigenvalue weighted by Gasteiger charge is 2.21. The lowest BCUT2D eigenvalue weighted by atomic mass is 10.1. The Morgan fingerprint density at radius 3 is 2.33 bits per heavy atom. The van der Waals surface area contributed by atoms with Crippen LogP contribution in [-0.4, -0.2) is 23.3 Å². The van der Waals surface area contributed by atoms with E-state index in [1.807, 2.05) is 38.1 Å². The van der Waals surface area contributed by atoms with E-state index in [9.17, 15) is 9.59 Å². The van der Waals surface area contributed by atoms with Gasteiger partial charge in [-0.05, 0) is 57.9 Å². The van der Waals surface area contributed by atoms with Crippen molar-refractivity contribution in [3.63, 3.8) is 0 Å². The fourth-order valence-corrected chi connectivity index (χ4v) is 2.88. The molecule has 24 heavy (non-hydrogen) atoms. The third-order valence-corrected chi connectivity index (χ3v) is 4.06.